The molecule has 25 heavy (non-hydrogen) atoms. The van der Waals surface area contributed by atoms with Crippen LogP contribution in [0.4, 0.5) is 5.69 Å². The van der Waals surface area contributed by atoms with Crippen molar-refractivity contribution in [3.8, 4) is 11.3 Å². The standard InChI is InChI=1S/C20H17N3OS/c24-20(16-3-1-2-9-21-16)23-10-8-15-11-14(6-7-18(15)23)17-12-25-19(22-17)13-4-5-13/h1-3,6-7,9,11-13H,4-5,8,10H2. The second-order valence-electron chi connectivity index (χ2n) is 6.61. The Kier molecular flexibility index (Phi) is 3.41. The summed E-state index contributed by atoms with van der Waals surface area (Å²) in [6.07, 6.45) is 5.10. The van der Waals surface area contributed by atoms with E-state index < -0.39 is 0 Å². The zero-order chi connectivity index (χ0) is 16.8. The van der Waals surface area contributed by atoms with E-state index in [0.717, 1.165) is 23.4 Å². The van der Waals surface area contributed by atoms with Gasteiger partial charge in [0.2, 0.25) is 0 Å². The van der Waals surface area contributed by atoms with Gasteiger partial charge in [-0.3, -0.25) is 9.78 Å². The van der Waals surface area contributed by atoms with E-state index in [1.54, 1.807) is 23.6 Å². The van der Waals surface area contributed by atoms with Gasteiger partial charge in [0.05, 0.1) is 10.7 Å². The van der Waals surface area contributed by atoms with Crippen molar-refractivity contribution >= 4 is 22.9 Å². The number of rotatable bonds is 3. The number of carbonyl (C=O) groups excluding carboxylic acids is 1. The van der Waals surface area contributed by atoms with E-state index >= 15 is 0 Å². The third kappa shape index (κ3) is 2.65. The molecule has 124 valence electrons. The third-order valence-electron chi connectivity index (χ3n) is 4.85. The zero-order valence-electron chi connectivity index (χ0n) is 13.7. The van der Waals surface area contributed by atoms with Gasteiger partial charge in [-0.2, -0.15) is 0 Å². The maximum absolute atomic E-state index is 12.7. The van der Waals surface area contributed by atoms with Crippen molar-refractivity contribution in [2.45, 2.75) is 25.2 Å². The van der Waals surface area contributed by atoms with Crippen molar-refractivity contribution < 1.29 is 4.79 Å². The van der Waals surface area contributed by atoms with Crippen molar-refractivity contribution in [3.05, 3.63) is 64.2 Å². The number of aromatic nitrogens is 2. The average molecular weight is 347 g/mol. The lowest BCUT2D eigenvalue weighted by Gasteiger charge is -2.17. The molecule has 3 heterocycles. The van der Waals surface area contributed by atoms with Gasteiger partial charge in [0.25, 0.3) is 5.91 Å². The minimum absolute atomic E-state index is 0.0308. The second-order valence-corrected chi connectivity index (χ2v) is 7.50. The molecule has 0 saturated heterocycles. The minimum atomic E-state index is -0.0308. The van der Waals surface area contributed by atoms with Gasteiger partial charge in [0, 0.05) is 35.3 Å². The first-order valence-electron chi connectivity index (χ1n) is 8.61. The minimum Gasteiger partial charge on any atom is -0.306 e. The highest BCUT2D eigenvalue weighted by Crippen LogP contribution is 2.43. The van der Waals surface area contributed by atoms with Gasteiger partial charge in [-0.25, -0.2) is 4.98 Å². The van der Waals surface area contributed by atoms with E-state index in [4.69, 9.17) is 4.98 Å². The largest absolute Gasteiger partial charge is 0.306 e. The van der Waals surface area contributed by atoms with Crippen LogP contribution in [0, 0.1) is 0 Å². The van der Waals surface area contributed by atoms with E-state index in [9.17, 15) is 4.79 Å². The summed E-state index contributed by atoms with van der Waals surface area (Å²) in [5.41, 5.74) is 4.91. The first-order chi connectivity index (χ1) is 12.3. The molecule has 1 aliphatic heterocycles. The Morgan fingerprint density at radius 2 is 2.12 bits per heavy atom. The van der Waals surface area contributed by atoms with Crippen LogP contribution in [0.1, 0.15) is 39.8 Å². The van der Waals surface area contributed by atoms with Crippen molar-refractivity contribution in [1.82, 2.24) is 9.97 Å². The SMILES string of the molecule is O=C(c1ccccn1)N1CCc2cc(-c3csc(C4CC4)n3)ccc21. The van der Waals surface area contributed by atoms with Crippen LogP contribution in [-0.4, -0.2) is 22.4 Å². The van der Waals surface area contributed by atoms with Crippen LogP contribution >= 0.6 is 11.3 Å². The number of anilines is 1. The Morgan fingerprint density at radius 1 is 1.20 bits per heavy atom. The first-order valence-corrected chi connectivity index (χ1v) is 9.49. The van der Waals surface area contributed by atoms with E-state index in [-0.39, 0.29) is 5.91 Å². The van der Waals surface area contributed by atoms with E-state index in [0.29, 0.717) is 18.2 Å². The molecule has 1 aliphatic carbocycles. The van der Waals surface area contributed by atoms with Crippen LogP contribution in [-0.2, 0) is 6.42 Å². The quantitative estimate of drug-likeness (QED) is 0.710. The highest BCUT2D eigenvalue weighted by Gasteiger charge is 2.28. The molecule has 5 heteroatoms. The molecule has 0 bridgehead atoms. The molecule has 1 amide bonds. The van der Waals surface area contributed by atoms with Gasteiger partial charge in [-0.05, 0) is 49.1 Å². The van der Waals surface area contributed by atoms with Crippen LogP contribution in [0.25, 0.3) is 11.3 Å². The van der Waals surface area contributed by atoms with Gasteiger partial charge < -0.3 is 4.90 Å². The lowest BCUT2D eigenvalue weighted by atomic mass is 10.1. The third-order valence-corrected chi connectivity index (χ3v) is 5.86. The highest BCUT2D eigenvalue weighted by atomic mass is 32.1. The summed E-state index contributed by atoms with van der Waals surface area (Å²) >= 11 is 1.77. The van der Waals surface area contributed by atoms with Crippen LogP contribution in [0.2, 0.25) is 0 Å². The molecule has 0 atom stereocenters. The molecule has 0 unspecified atom stereocenters. The van der Waals surface area contributed by atoms with Gasteiger partial charge in [-0.15, -0.1) is 11.3 Å². The number of benzene rings is 1. The normalized spacial score (nSPS) is 16.1. The molecule has 0 radical (unpaired) electrons. The molecule has 1 aromatic carbocycles. The summed E-state index contributed by atoms with van der Waals surface area (Å²) in [5.74, 6) is 0.663. The lowest BCUT2D eigenvalue weighted by molar-refractivity contribution is 0.0984. The molecule has 0 N–H and O–H groups in total. The number of thiazole rings is 1. The van der Waals surface area contributed by atoms with Gasteiger partial charge in [0.15, 0.2) is 0 Å². The number of nitrogens with zero attached hydrogens (tertiary/aromatic N) is 3. The molecular weight excluding hydrogens is 330 g/mol. The van der Waals surface area contributed by atoms with Crippen LogP contribution in [0.15, 0.2) is 48.0 Å². The number of hydrogen-bond donors (Lipinski definition) is 0. The smallest absolute Gasteiger partial charge is 0.276 e. The zero-order valence-corrected chi connectivity index (χ0v) is 14.5. The number of carbonyl (C=O) groups is 1. The van der Waals surface area contributed by atoms with Crippen LogP contribution < -0.4 is 4.90 Å². The summed E-state index contributed by atoms with van der Waals surface area (Å²) in [6.45, 7) is 0.707. The van der Waals surface area contributed by atoms with Crippen molar-refractivity contribution in [3.63, 3.8) is 0 Å². The number of fused-ring (bicyclic) bond motifs is 1. The van der Waals surface area contributed by atoms with Gasteiger partial charge in [-0.1, -0.05) is 12.1 Å². The maximum Gasteiger partial charge on any atom is 0.276 e. The molecule has 1 fully saturated rings. The fourth-order valence-electron chi connectivity index (χ4n) is 3.34. The Morgan fingerprint density at radius 3 is 2.92 bits per heavy atom. The van der Waals surface area contributed by atoms with Crippen molar-refractivity contribution in [2.24, 2.45) is 0 Å². The molecular formula is C20H17N3OS. The Hall–Kier alpha value is -2.53. The lowest BCUT2D eigenvalue weighted by Crippen LogP contribution is -2.29. The number of amides is 1. The molecule has 4 nitrogen and oxygen atoms in total. The molecule has 3 aromatic rings. The maximum atomic E-state index is 12.7. The van der Waals surface area contributed by atoms with E-state index in [1.165, 1.54) is 23.4 Å². The second kappa shape index (κ2) is 5.77. The van der Waals surface area contributed by atoms with Gasteiger partial charge in [0.1, 0.15) is 5.69 Å². The summed E-state index contributed by atoms with van der Waals surface area (Å²) in [5, 5.41) is 3.42. The molecule has 1 saturated carbocycles. The molecule has 0 spiro atoms. The average Bonchev–Trinajstić information content (AvgIpc) is 3.24. The molecule has 5 rings (SSSR count). The van der Waals surface area contributed by atoms with Crippen molar-refractivity contribution in [1.29, 1.82) is 0 Å². The summed E-state index contributed by atoms with van der Waals surface area (Å²) in [4.78, 5) is 23.5. The van der Waals surface area contributed by atoms with Crippen LogP contribution in [0.3, 0.4) is 0 Å². The first kappa shape index (κ1) is 14.8. The number of hydrogen-bond acceptors (Lipinski definition) is 4. The van der Waals surface area contributed by atoms with Crippen molar-refractivity contribution in [2.75, 3.05) is 11.4 Å². The monoisotopic (exact) mass is 347 g/mol. The summed E-state index contributed by atoms with van der Waals surface area (Å²) < 4.78 is 0. The fraction of sp³-hybridized carbons (Fsp3) is 0.250. The van der Waals surface area contributed by atoms with Gasteiger partial charge >= 0.3 is 0 Å². The topological polar surface area (TPSA) is 46.1 Å². The Labute approximate surface area is 150 Å². The number of pyridine rings is 1. The summed E-state index contributed by atoms with van der Waals surface area (Å²) in [6, 6.07) is 11.8. The molecule has 2 aliphatic rings. The van der Waals surface area contributed by atoms with Crippen LogP contribution in [0.5, 0.6) is 0 Å². The predicted octanol–water partition coefficient (Wildman–Crippen LogP) is 4.29. The predicted molar refractivity (Wildman–Crippen MR) is 99.1 cm³/mol. The molecule has 2 aromatic heterocycles. The van der Waals surface area contributed by atoms with E-state index in [2.05, 4.69) is 28.6 Å². The Bertz CT molecular complexity index is 947. The Balaban J connectivity index is 1.44. The fourth-order valence-corrected chi connectivity index (χ4v) is 4.34. The van der Waals surface area contributed by atoms with E-state index in [1.807, 2.05) is 17.0 Å². The highest BCUT2D eigenvalue weighted by molar-refractivity contribution is 7.10. The summed E-state index contributed by atoms with van der Waals surface area (Å²) in [7, 11) is 0.